The predicted molar refractivity (Wildman–Crippen MR) is 97.7 cm³/mol. The van der Waals surface area contributed by atoms with Gasteiger partial charge in [-0.25, -0.2) is 0 Å². The second-order valence-corrected chi connectivity index (χ2v) is 7.50. The molecule has 1 heterocycles. The lowest BCUT2D eigenvalue weighted by molar-refractivity contribution is -0.152. The average Bonchev–Trinajstić information content (AvgIpc) is 2.62. The number of carbonyl (C=O) groups excluding carboxylic acids is 1. The number of carbonyl (C=O) groups is 2. The molecule has 2 fully saturated rings. The Balaban J connectivity index is 1.66. The van der Waals surface area contributed by atoms with Crippen LogP contribution in [-0.4, -0.2) is 47.6 Å². The molecule has 1 aromatic rings. The minimum atomic E-state index is -0.815. The lowest BCUT2D eigenvalue weighted by Crippen LogP contribution is -2.56. The Bertz CT molecular complexity index is 628. The SMILES string of the molecule is Cc1ccc(N2CCN(C(=O)[C@@H]3CCCC[C@H]3C(=O)O)C[C@H]2C)cc1. The highest BCUT2D eigenvalue weighted by Crippen LogP contribution is 2.32. The van der Waals surface area contributed by atoms with Crippen LogP contribution in [0.4, 0.5) is 5.69 Å². The molecule has 1 saturated heterocycles. The van der Waals surface area contributed by atoms with Gasteiger partial charge in [-0.3, -0.25) is 9.59 Å². The van der Waals surface area contributed by atoms with Crippen molar-refractivity contribution in [3.63, 3.8) is 0 Å². The number of hydrogen-bond acceptors (Lipinski definition) is 3. The number of aryl methyl sites for hydroxylation is 1. The Labute approximate surface area is 149 Å². The summed E-state index contributed by atoms with van der Waals surface area (Å²) in [4.78, 5) is 28.7. The zero-order chi connectivity index (χ0) is 18.0. The standard InChI is InChI=1S/C20H28N2O3/c1-14-7-9-16(10-8-14)22-12-11-21(13-15(22)2)19(23)17-5-3-4-6-18(17)20(24)25/h7-10,15,17-18H,3-6,11-13H2,1-2H3,(H,24,25)/t15-,17-,18-/m1/s1. The normalized spacial score (nSPS) is 27.2. The lowest BCUT2D eigenvalue weighted by Gasteiger charge is -2.43. The molecule has 1 aliphatic heterocycles. The second-order valence-electron chi connectivity index (χ2n) is 7.50. The third-order valence-corrected chi connectivity index (χ3v) is 5.71. The van der Waals surface area contributed by atoms with E-state index in [1.807, 2.05) is 4.90 Å². The number of aliphatic carboxylic acids is 1. The first-order chi connectivity index (χ1) is 12.0. The lowest BCUT2D eigenvalue weighted by atomic mass is 9.78. The van der Waals surface area contributed by atoms with Crippen molar-refractivity contribution in [3.8, 4) is 0 Å². The van der Waals surface area contributed by atoms with Crippen molar-refractivity contribution in [1.29, 1.82) is 0 Å². The van der Waals surface area contributed by atoms with Crippen LogP contribution < -0.4 is 4.90 Å². The molecular formula is C20H28N2O3. The summed E-state index contributed by atoms with van der Waals surface area (Å²) >= 11 is 0. The van der Waals surface area contributed by atoms with E-state index in [2.05, 4.69) is 43.0 Å². The molecule has 3 rings (SSSR count). The molecular weight excluding hydrogens is 316 g/mol. The number of amides is 1. The van der Waals surface area contributed by atoms with Crippen LogP contribution in [0.15, 0.2) is 24.3 Å². The van der Waals surface area contributed by atoms with Gasteiger partial charge in [-0.2, -0.15) is 0 Å². The molecule has 0 radical (unpaired) electrons. The zero-order valence-electron chi connectivity index (χ0n) is 15.1. The van der Waals surface area contributed by atoms with Gasteiger partial charge in [0, 0.05) is 31.4 Å². The summed E-state index contributed by atoms with van der Waals surface area (Å²) in [5.74, 6) is -1.62. The third-order valence-electron chi connectivity index (χ3n) is 5.71. The molecule has 0 bridgehead atoms. The van der Waals surface area contributed by atoms with E-state index in [0.29, 0.717) is 25.9 Å². The van der Waals surface area contributed by atoms with Crippen LogP contribution >= 0.6 is 0 Å². The van der Waals surface area contributed by atoms with Gasteiger partial charge in [-0.15, -0.1) is 0 Å². The van der Waals surface area contributed by atoms with Gasteiger partial charge in [0.2, 0.25) is 5.91 Å². The van der Waals surface area contributed by atoms with Crippen molar-refractivity contribution in [2.45, 2.75) is 45.6 Å². The Kier molecular flexibility index (Phi) is 5.30. The van der Waals surface area contributed by atoms with E-state index < -0.39 is 11.9 Å². The summed E-state index contributed by atoms with van der Waals surface area (Å²) in [6.07, 6.45) is 3.21. The fourth-order valence-corrected chi connectivity index (χ4v) is 4.23. The van der Waals surface area contributed by atoms with E-state index >= 15 is 0 Å². The van der Waals surface area contributed by atoms with E-state index in [0.717, 1.165) is 19.4 Å². The van der Waals surface area contributed by atoms with Crippen LogP contribution in [-0.2, 0) is 9.59 Å². The topological polar surface area (TPSA) is 60.9 Å². The van der Waals surface area contributed by atoms with E-state index in [1.165, 1.54) is 11.3 Å². The van der Waals surface area contributed by atoms with E-state index in [9.17, 15) is 14.7 Å². The van der Waals surface area contributed by atoms with Gasteiger partial charge in [-0.1, -0.05) is 30.5 Å². The number of carboxylic acids is 1. The molecule has 0 aromatic heterocycles. The van der Waals surface area contributed by atoms with Crippen LogP contribution in [0.2, 0.25) is 0 Å². The number of carboxylic acid groups (broad SMARTS) is 1. The van der Waals surface area contributed by atoms with Crippen molar-refractivity contribution in [1.82, 2.24) is 4.90 Å². The third kappa shape index (κ3) is 3.80. The van der Waals surface area contributed by atoms with E-state index in [-0.39, 0.29) is 17.9 Å². The van der Waals surface area contributed by atoms with Gasteiger partial charge >= 0.3 is 5.97 Å². The molecule has 0 unspecified atom stereocenters. The largest absolute Gasteiger partial charge is 0.481 e. The van der Waals surface area contributed by atoms with Gasteiger partial charge in [0.25, 0.3) is 0 Å². The monoisotopic (exact) mass is 344 g/mol. The van der Waals surface area contributed by atoms with Gasteiger partial charge in [0.15, 0.2) is 0 Å². The van der Waals surface area contributed by atoms with E-state index in [4.69, 9.17) is 0 Å². The number of rotatable bonds is 3. The van der Waals surface area contributed by atoms with Gasteiger partial charge in [-0.05, 0) is 38.8 Å². The van der Waals surface area contributed by atoms with Crippen molar-refractivity contribution in [3.05, 3.63) is 29.8 Å². The Hall–Kier alpha value is -2.04. The maximum absolute atomic E-state index is 12.9. The molecule has 25 heavy (non-hydrogen) atoms. The minimum absolute atomic E-state index is 0.0440. The van der Waals surface area contributed by atoms with Gasteiger partial charge in [0.05, 0.1) is 11.8 Å². The van der Waals surface area contributed by atoms with Crippen molar-refractivity contribution < 1.29 is 14.7 Å². The fourth-order valence-electron chi connectivity index (χ4n) is 4.23. The molecule has 1 aliphatic carbocycles. The van der Waals surface area contributed by atoms with E-state index in [1.54, 1.807) is 0 Å². The zero-order valence-corrected chi connectivity index (χ0v) is 15.1. The highest BCUT2D eigenvalue weighted by molar-refractivity contribution is 5.85. The Morgan fingerprint density at radius 2 is 1.68 bits per heavy atom. The number of piperazine rings is 1. The quantitative estimate of drug-likeness (QED) is 0.916. The maximum Gasteiger partial charge on any atom is 0.307 e. The molecule has 2 aliphatic rings. The van der Waals surface area contributed by atoms with Crippen molar-refractivity contribution >= 4 is 17.6 Å². The summed E-state index contributed by atoms with van der Waals surface area (Å²) in [5, 5.41) is 9.44. The smallest absolute Gasteiger partial charge is 0.307 e. The van der Waals surface area contributed by atoms with Crippen LogP contribution in [0.1, 0.15) is 38.2 Å². The summed E-state index contributed by atoms with van der Waals surface area (Å²) in [7, 11) is 0. The first-order valence-electron chi connectivity index (χ1n) is 9.32. The molecule has 5 heteroatoms. The highest BCUT2D eigenvalue weighted by atomic mass is 16.4. The molecule has 1 N–H and O–H groups in total. The maximum atomic E-state index is 12.9. The summed E-state index contributed by atoms with van der Waals surface area (Å²) < 4.78 is 0. The fraction of sp³-hybridized carbons (Fsp3) is 0.600. The summed E-state index contributed by atoms with van der Waals surface area (Å²) in [5.41, 5.74) is 2.42. The molecule has 1 aromatic carbocycles. The number of anilines is 1. The highest BCUT2D eigenvalue weighted by Gasteiger charge is 2.39. The van der Waals surface area contributed by atoms with Crippen LogP contribution in [0.3, 0.4) is 0 Å². The molecule has 0 spiro atoms. The minimum Gasteiger partial charge on any atom is -0.481 e. The molecule has 136 valence electrons. The summed E-state index contributed by atoms with van der Waals surface area (Å²) in [6.45, 7) is 6.33. The van der Waals surface area contributed by atoms with Gasteiger partial charge < -0.3 is 14.9 Å². The summed E-state index contributed by atoms with van der Waals surface area (Å²) in [6, 6.07) is 8.71. The van der Waals surface area contributed by atoms with Crippen molar-refractivity contribution in [2.75, 3.05) is 24.5 Å². The second kappa shape index (κ2) is 7.46. The van der Waals surface area contributed by atoms with Gasteiger partial charge in [0.1, 0.15) is 0 Å². The molecule has 5 nitrogen and oxygen atoms in total. The molecule has 3 atom stereocenters. The molecule has 1 amide bonds. The molecule has 1 saturated carbocycles. The van der Waals surface area contributed by atoms with Crippen LogP contribution in [0.25, 0.3) is 0 Å². The average molecular weight is 344 g/mol. The predicted octanol–water partition coefficient (Wildman–Crippen LogP) is 2.92. The number of benzene rings is 1. The first-order valence-corrected chi connectivity index (χ1v) is 9.32. The Morgan fingerprint density at radius 1 is 1.04 bits per heavy atom. The van der Waals surface area contributed by atoms with Crippen molar-refractivity contribution in [2.24, 2.45) is 11.8 Å². The van der Waals surface area contributed by atoms with Crippen LogP contribution in [0, 0.1) is 18.8 Å². The first kappa shape index (κ1) is 17.8. The van der Waals surface area contributed by atoms with Crippen LogP contribution in [0.5, 0.6) is 0 Å². The number of nitrogens with zero attached hydrogens (tertiary/aromatic N) is 2. The Morgan fingerprint density at radius 3 is 2.28 bits per heavy atom. The number of hydrogen-bond donors (Lipinski definition) is 1.